The highest BCUT2D eigenvalue weighted by molar-refractivity contribution is 5.73. The van der Waals surface area contributed by atoms with Gasteiger partial charge in [-0.25, -0.2) is 9.07 Å². The zero-order valence-electron chi connectivity index (χ0n) is 43.3. The van der Waals surface area contributed by atoms with Gasteiger partial charge in [-0.1, -0.05) is 63.2 Å². The van der Waals surface area contributed by atoms with Gasteiger partial charge >= 0.3 is 5.97 Å². The van der Waals surface area contributed by atoms with Crippen LogP contribution >= 0.6 is 0 Å². The van der Waals surface area contributed by atoms with Crippen molar-refractivity contribution in [3.05, 3.63) is 47.8 Å². The minimum atomic E-state index is -1.79. The van der Waals surface area contributed by atoms with Crippen LogP contribution in [0.4, 0.5) is 4.39 Å². The molecule has 0 aliphatic carbocycles. The number of rotatable bonds is 14. The van der Waals surface area contributed by atoms with Crippen LogP contribution in [0.2, 0.25) is 0 Å². The number of methoxy groups -OCH3 is 2. The van der Waals surface area contributed by atoms with E-state index in [9.17, 15) is 29.6 Å². The van der Waals surface area contributed by atoms with Crippen LogP contribution in [0, 0.1) is 23.7 Å². The van der Waals surface area contributed by atoms with Gasteiger partial charge in [0.2, 0.25) is 0 Å². The Morgan fingerprint density at radius 2 is 1.66 bits per heavy atom. The Balaban J connectivity index is 1.45. The number of alkyl halides is 1. The highest BCUT2D eigenvalue weighted by Crippen LogP contribution is 2.45. The third kappa shape index (κ3) is 12.9. The molecule has 68 heavy (non-hydrogen) atoms. The molecule has 1 unspecified atom stereocenters. The lowest BCUT2D eigenvalue weighted by molar-refractivity contribution is -0.275. The third-order valence-electron chi connectivity index (χ3n) is 15.9. The first kappa shape index (κ1) is 56.2. The second kappa shape index (κ2) is 23.7. The number of esters is 1. The number of carbonyl (C=O) groups excluding carboxylic acids is 1. The van der Waals surface area contributed by atoms with E-state index < -0.39 is 108 Å². The van der Waals surface area contributed by atoms with Crippen LogP contribution in [0.3, 0.4) is 0 Å². The van der Waals surface area contributed by atoms with Crippen LogP contribution in [0.5, 0.6) is 0 Å². The Morgan fingerprint density at radius 1 is 0.985 bits per heavy atom. The van der Waals surface area contributed by atoms with E-state index in [1.807, 2.05) is 83.8 Å². The van der Waals surface area contributed by atoms with Gasteiger partial charge in [-0.3, -0.25) is 4.79 Å². The fourth-order valence-electron chi connectivity index (χ4n) is 11.7. The zero-order chi connectivity index (χ0) is 50.5. The van der Waals surface area contributed by atoms with Crippen molar-refractivity contribution in [1.29, 1.82) is 0 Å². The molecule has 3 fully saturated rings. The van der Waals surface area contributed by atoms with E-state index in [4.69, 9.17) is 28.4 Å². The Morgan fingerprint density at radius 3 is 2.28 bits per heavy atom. The van der Waals surface area contributed by atoms with Gasteiger partial charge in [0.15, 0.2) is 6.29 Å². The lowest BCUT2D eigenvalue weighted by Crippen LogP contribution is -2.61. The molecule has 3 aliphatic rings. The number of ether oxygens (including phenoxy) is 6. The van der Waals surface area contributed by atoms with Crippen LogP contribution in [-0.2, 0) is 39.6 Å². The fraction of sp³-hybridized carbons (Fsp3) is 0.824. The average molecular weight is 964 g/mol. The second-order valence-electron chi connectivity index (χ2n) is 21.4. The van der Waals surface area contributed by atoms with Crippen LogP contribution < -0.4 is 0 Å². The Bertz CT molecular complexity index is 1860. The van der Waals surface area contributed by atoms with Gasteiger partial charge in [0.1, 0.15) is 42.7 Å². The summed E-state index contributed by atoms with van der Waals surface area (Å²) in [6.45, 7) is 18.7. The topological polar surface area (TPSA) is 191 Å². The number of hydrogen-bond donors (Lipinski definition) is 4. The predicted molar refractivity (Wildman–Crippen MR) is 255 cm³/mol. The van der Waals surface area contributed by atoms with Gasteiger partial charge in [-0.2, -0.15) is 0 Å². The standard InChI is InChI=1S/C51H86FN5O11/c1-15-41-51(10,62)45(58)34(6)56(12)28-30(2)25-49(8,61)47(32(4)43(33(5)48(60)67-41)40-26-50(9,64-14)46(59)35(7)66-40)68-42-24-38(23-31(3)65-42)55(11)22-21-37-29-57(54-53-37)39(27-52)44(63-13)36-19-17-16-18-20-36/h16-20,29-35,38-47,58-59,61-62H,15,21-28H2,1-14H3/t30-,31-,32+,33-,34-,35+,38+,39-,40-,41-,42+,43?,44-,45-,46+,47-,49-,50-,51-/m1/s1. The number of cyclic esters (lactones) is 1. The predicted octanol–water partition coefficient (Wildman–Crippen LogP) is 5.31. The van der Waals surface area contributed by atoms with Gasteiger partial charge in [-0.15, -0.1) is 5.10 Å². The molecule has 1 aromatic heterocycles. The van der Waals surface area contributed by atoms with E-state index in [0.29, 0.717) is 25.9 Å². The van der Waals surface area contributed by atoms with E-state index in [2.05, 4.69) is 22.3 Å². The largest absolute Gasteiger partial charge is 0.459 e. The van der Waals surface area contributed by atoms with Crippen LogP contribution in [-0.4, -0.2) is 177 Å². The number of halogens is 1. The molecule has 0 radical (unpaired) electrons. The minimum absolute atomic E-state index is 0.0197. The summed E-state index contributed by atoms with van der Waals surface area (Å²) in [5, 5.41) is 56.5. The zero-order valence-corrected chi connectivity index (χ0v) is 43.3. The van der Waals surface area contributed by atoms with Crippen LogP contribution in [0.15, 0.2) is 36.5 Å². The van der Waals surface area contributed by atoms with Crippen LogP contribution in [0.1, 0.15) is 125 Å². The number of aliphatic hydroxyl groups excluding tert-OH is 2. The lowest BCUT2D eigenvalue weighted by atomic mass is 9.68. The molecule has 2 aromatic rings. The average Bonchev–Trinajstić information content (AvgIpc) is 3.77. The summed E-state index contributed by atoms with van der Waals surface area (Å²) < 4.78 is 54.3. The number of aromatic nitrogens is 3. The number of benzene rings is 1. The van der Waals surface area contributed by atoms with Gasteiger partial charge in [0.25, 0.3) is 0 Å². The molecule has 0 saturated carbocycles. The quantitative estimate of drug-likeness (QED) is 0.178. The summed E-state index contributed by atoms with van der Waals surface area (Å²) in [5.74, 6) is -2.81. The number of carbonyl (C=O) groups is 1. The van der Waals surface area contributed by atoms with Crippen molar-refractivity contribution >= 4 is 5.97 Å². The Kier molecular flexibility index (Phi) is 19.6. The van der Waals surface area contributed by atoms with Crippen molar-refractivity contribution in [2.24, 2.45) is 23.7 Å². The fourth-order valence-corrected chi connectivity index (χ4v) is 11.7. The normalized spacial score (nSPS) is 40.6. The van der Waals surface area contributed by atoms with E-state index >= 15 is 0 Å². The second-order valence-corrected chi connectivity index (χ2v) is 21.4. The van der Waals surface area contributed by atoms with E-state index in [0.717, 1.165) is 17.7 Å². The van der Waals surface area contributed by atoms with Gasteiger partial charge in [0.05, 0.1) is 47.2 Å². The highest BCUT2D eigenvalue weighted by Gasteiger charge is 2.54. The smallest absolute Gasteiger partial charge is 0.309 e. The molecule has 4 heterocycles. The first-order chi connectivity index (χ1) is 31.9. The first-order valence-electron chi connectivity index (χ1n) is 24.9. The maximum absolute atomic E-state index is 14.6. The van der Waals surface area contributed by atoms with Gasteiger partial charge < -0.3 is 58.6 Å². The molecule has 16 nitrogen and oxygen atoms in total. The summed E-state index contributed by atoms with van der Waals surface area (Å²) in [5.41, 5.74) is -2.72. The summed E-state index contributed by atoms with van der Waals surface area (Å²) in [7, 11) is 7.04. The SMILES string of the molecule is CC[C@H]1OC(=O)[C@H](C)C([C@H]2C[C@@](C)(OC)[C@@H](O)[C@H](C)O2)[C@H](C)[C@@H](O[C@H]2C[C@@H](N(C)CCc3cn([C@H](CF)[C@H](OC)c4ccccc4)nn3)C[C@@H](C)O2)[C@](C)(O)C[C@@H](C)CN(C)[C@H](C)[C@@H](O)[C@]1(C)O. The lowest BCUT2D eigenvalue weighted by Gasteiger charge is -2.51. The van der Waals surface area contributed by atoms with Crippen molar-refractivity contribution in [3.63, 3.8) is 0 Å². The van der Waals surface area contributed by atoms with Crippen molar-refractivity contribution in [2.45, 2.75) is 198 Å². The molecule has 5 rings (SSSR count). The molecular formula is C51H86FN5O11. The molecule has 0 spiro atoms. The molecule has 17 heteroatoms. The van der Waals surface area contributed by atoms with Gasteiger partial charge in [0, 0.05) is 70.8 Å². The third-order valence-corrected chi connectivity index (χ3v) is 15.9. The maximum Gasteiger partial charge on any atom is 0.309 e. The molecule has 19 atom stereocenters. The first-order valence-corrected chi connectivity index (χ1v) is 24.9. The van der Waals surface area contributed by atoms with E-state index in [1.165, 1.54) is 6.92 Å². The Labute approximate surface area is 405 Å². The van der Waals surface area contributed by atoms with Crippen LogP contribution in [0.25, 0.3) is 0 Å². The summed E-state index contributed by atoms with van der Waals surface area (Å²) in [4.78, 5) is 18.8. The molecule has 3 aliphatic heterocycles. The van der Waals surface area contributed by atoms with E-state index in [1.54, 1.807) is 45.9 Å². The molecular weight excluding hydrogens is 878 g/mol. The molecule has 388 valence electrons. The monoisotopic (exact) mass is 964 g/mol. The molecule has 1 aromatic carbocycles. The Hall–Kier alpha value is -2.68. The number of nitrogens with zero attached hydrogens (tertiary/aromatic N) is 5. The minimum Gasteiger partial charge on any atom is -0.459 e. The van der Waals surface area contributed by atoms with Crippen molar-refractivity contribution in [3.8, 4) is 0 Å². The summed E-state index contributed by atoms with van der Waals surface area (Å²) in [6, 6.07) is 8.32. The summed E-state index contributed by atoms with van der Waals surface area (Å²) in [6.07, 6.45) is -2.65. The highest BCUT2D eigenvalue weighted by atomic mass is 19.1. The van der Waals surface area contributed by atoms with Crippen molar-refractivity contribution in [1.82, 2.24) is 24.8 Å². The van der Waals surface area contributed by atoms with Crippen molar-refractivity contribution in [2.75, 3.05) is 48.1 Å². The summed E-state index contributed by atoms with van der Waals surface area (Å²) >= 11 is 0. The maximum atomic E-state index is 14.6. The van der Waals surface area contributed by atoms with E-state index in [-0.39, 0.29) is 37.3 Å². The van der Waals surface area contributed by atoms with Gasteiger partial charge in [-0.05, 0) is 92.3 Å². The number of aliphatic hydroxyl groups is 4. The molecule has 0 amide bonds. The molecule has 0 bridgehead atoms. The number of hydrogen-bond acceptors (Lipinski definition) is 15. The number of likely N-dealkylation sites (N-methyl/N-ethyl adjacent to an activating group) is 2. The molecule has 4 N–H and O–H groups in total. The van der Waals surface area contributed by atoms with Crippen molar-refractivity contribution < 1.29 is 58.0 Å². The molecule has 3 saturated heterocycles.